The molecule has 0 bridgehead atoms. The van der Waals surface area contributed by atoms with Crippen LogP contribution in [-0.2, 0) is 21.2 Å². The molecule has 0 aliphatic carbocycles. The molecule has 0 radical (unpaired) electrons. The van der Waals surface area contributed by atoms with Crippen molar-refractivity contribution in [2.45, 2.75) is 63.6 Å². The van der Waals surface area contributed by atoms with E-state index in [0.29, 0.717) is 31.4 Å². The molecule has 0 saturated carbocycles. The molecule has 1 aromatic carbocycles. The lowest BCUT2D eigenvalue weighted by Gasteiger charge is -2.32. The Morgan fingerprint density at radius 2 is 1.81 bits per heavy atom. The van der Waals surface area contributed by atoms with Crippen LogP contribution in [0.1, 0.15) is 55.1 Å². The molecule has 0 spiro atoms. The van der Waals surface area contributed by atoms with Gasteiger partial charge in [0, 0.05) is 30.1 Å². The van der Waals surface area contributed by atoms with Crippen LogP contribution in [-0.4, -0.2) is 49.3 Å². The number of aromatic nitrogens is 1. The number of likely N-dealkylation sites (tertiary alicyclic amines) is 1. The molecular formula is C22H30N2O5S2. The Morgan fingerprint density at radius 3 is 2.35 bits per heavy atom. The molecule has 1 aliphatic heterocycles. The first kappa shape index (κ1) is 23.5. The third kappa shape index (κ3) is 6.43. The zero-order valence-electron chi connectivity index (χ0n) is 18.7. The van der Waals surface area contributed by atoms with Crippen LogP contribution in [0.4, 0.5) is 4.79 Å². The molecular weight excluding hydrogens is 436 g/mol. The van der Waals surface area contributed by atoms with Crippen LogP contribution in [0.2, 0.25) is 0 Å². The molecule has 3 rings (SSSR count). The van der Waals surface area contributed by atoms with E-state index in [1.54, 1.807) is 40.5 Å². The van der Waals surface area contributed by atoms with Crippen molar-refractivity contribution < 1.29 is 22.7 Å². The summed E-state index contributed by atoms with van der Waals surface area (Å²) in [6.45, 7) is 9.31. The maximum atomic E-state index is 12.3. The number of ether oxygens (including phenoxy) is 2. The second-order valence-electron chi connectivity index (χ2n) is 8.83. The van der Waals surface area contributed by atoms with E-state index >= 15 is 0 Å². The monoisotopic (exact) mass is 466 g/mol. The van der Waals surface area contributed by atoms with E-state index in [-0.39, 0.29) is 11.0 Å². The van der Waals surface area contributed by atoms with E-state index in [4.69, 9.17) is 14.5 Å². The smallest absolute Gasteiger partial charge is 0.410 e. The molecule has 1 fully saturated rings. The number of aryl methyl sites for hydroxylation is 1. The number of nitrogens with zero attached hydrogens (tertiary/aromatic N) is 2. The molecule has 31 heavy (non-hydrogen) atoms. The van der Waals surface area contributed by atoms with E-state index in [0.717, 1.165) is 28.4 Å². The molecule has 7 nitrogen and oxygen atoms in total. The van der Waals surface area contributed by atoms with Gasteiger partial charge in [0.1, 0.15) is 18.0 Å². The topological polar surface area (TPSA) is 85.8 Å². The number of rotatable bonds is 5. The number of sulfone groups is 1. The van der Waals surface area contributed by atoms with Gasteiger partial charge < -0.3 is 14.4 Å². The van der Waals surface area contributed by atoms with Gasteiger partial charge in [-0.3, -0.25) is 0 Å². The summed E-state index contributed by atoms with van der Waals surface area (Å²) in [6.07, 6.45) is 2.65. The van der Waals surface area contributed by atoms with Crippen LogP contribution in [0, 0.1) is 6.92 Å². The predicted octanol–water partition coefficient (Wildman–Crippen LogP) is 4.55. The first-order valence-corrected chi connectivity index (χ1v) is 13.0. The number of carbonyl (C=O) groups is 1. The first-order chi connectivity index (χ1) is 14.4. The fourth-order valence-corrected chi connectivity index (χ4v) is 5.05. The molecule has 1 aliphatic rings. The molecule has 0 atom stereocenters. The van der Waals surface area contributed by atoms with Gasteiger partial charge in [-0.2, -0.15) is 0 Å². The Bertz CT molecular complexity index is 1020. The largest absolute Gasteiger partial charge is 0.487 e. The van der Waals surface area contributed by atoms with Gasteiger partial charge in [-0.1, -0.05) is 0 Å². The van der Waals surface area contributed by atoms with Crippen molar-refractivity contribution in [3.8, 4) is 5.75 Å². The van der Waals surface area contributed by atoms with Gasteiger partial charge in [-0.05, 0) is 64.8 Å². The highest BCUT2D eigenvalue weighted by Crippen LogP contribution is 2.33. The number of piperidine rings is 1. The van der Waals surface area contributed by atoms with Crippen molar-refractivity contribution in [1.82, 2.24) is 9.88 Å². The van der Waals surface area contributed by atoms with Crippen molar-refractivity contribution in [2.24, 2.45) is 0 Å². The fraction of sp³-hybridized carbons (Fsp3) is 0.545. The Balaban J connectivity index is 1.56. The predicted molar refractivity (Wildman–Crippen MR) is 121 cm³/mol. The van der Waals surface area contributed by atoms with Gasteiger partial charge in [0.25, 0.3) is 0 Å². The average molecular weight is 467 g/mol. The van der Waals surface area contributed by atoms with Gasteiger partial charge in [0.2, 0.25) is 0 Å². The lowest BCUT2D eigenvalue weighted by atomic mass is 9.98. The zero-order chi connectivity index (χ0) is 22.8. The van der Waals surface area contributed by atoms with Crippen molar-refractivity contribution in [3.63, 3.8) is 0 Å². The summed E-state index contributed by atoms with van der Waals surface area (Å²) in [7, 11) is -3.22. The van der Waals surface area contributed by atoms with Gasteiger partial charge >= 0.3 is 6.09 Å². The van der Waals surface area contributed by atoms with Crippen molar-refractivity contribution in [3.05, 3.63) is 39.8 Å². The summed E-state index contributed by atoms with van der Waals surface area (Å²) in [6, 6.07) is 6.40. The maximum absolute atomic E-state index is 12.3. The molecule has 170 valence electrons. The van der Waals surface area contributed by atoms with Gasteiger partial charge in [-0.25, -0.2) is 18.2 Å². The van der Waals surface area contributed by atoms with Gasteiger partial charge in [0.05, 0.1) is 15.6 Å². The van der Waals surface area contributed by atoms with Crippen LogP contribution >= 0.6 is 11.3 Å². The number of hydrogen-bond acceptors (Lipinski definition) is 7. The SMILES string of the molecule is Cc1sc(C2CCN(C(=O)OC(C)(C)C)CC2)nc1COc1ccc(S(C)(=O)=O)cc1. The quantitative estimate of drug-likeness (QED) is 0.643. The average Bonchev–Trinajstić information content (AvgIpc) is 3.05. The zero-order valence-corrected chi connectivity index (χ0v) is 20.3. The molecule has 2 aromatic rings. The molecule has 1 saturated heterocycles. The van der Waals surface area contributed by atoms with Crippen molar-refractivity contribution in [2.75, 3.05) is 19.3 Å². The highest BCUT2D eigenvalue weighted by atomic mass is 32.2. The lowest BCUT2D eigenvalue weighted by Crippen LogP contribution is -2.41. The Hall–Kier alpha value is -2.13. The lowest BCUT2D eigenvalue weighted by molar-refractivity contribution is 0.0204. The molecule has 0 unspecified atom stereocenters. The van der Waals surface area contributed by atoms with Crippen LogP contribution in [0.5, 0.6) is 5.75 Å². The molecule has 0 N–H and O–H groups in total. The van der Waals surface area contributed by atoms with E-state index in [1.165, 1.54) is 6.26 Å². The minimum Gasteiger partial charge on any atom is -0.487 e. The van der Waals surface area contributed by atoms with E-state index in [1.807, 2.05) is 27.7 Å². The Morgan fingerprint density at radius 1 is 1.19 bits per heavy atom. The Kier molecular flexibility index (Phi) is 6.95. The summed E-state index contributed by atoms with van der Waals surface area (Å²) in [4.78, 5) is 20.2. The summed E-state index contributed by atoms with van der Waals surface area (Å²) in [5.41, 5.74) is 0.405. The highest BCUT2D eigenvalue weighted by Gasteiger charge is 2.29. The maximum Gasteiger partial charge on any atom is 0.410 e. The van der Waals surface area contributed by atoms with Gasteiger partial charge in [0.15, 0.2) is 9.84 Å². The summed E-state index contributed by atoms with van der Waals surface area (Å²) >= 11 is 1.68. The van der Waals surface area contributed by atoms with Crippen molar-refractivity contribution in [1.29, 1.82) is 0 Å². The number of amides is 1. The van der Waals surface area contributed by atoms with E-state index in [2.05, 4.69) is 0 Å². The van der Waals surface area contributed by atoms with Crippen LogP contribution < -0.4 is 4.74 Å². The third-order valence-electron chi connectivity index (χ3n) is 5.03. The molecule has 1 aromatic heterocycles. The number of thiazole rings is 1. The molecule has 2 heterocycles. The minimum absolute atomic E-state index is 0.253. The van der Waals surface area contributed by atoms with Crippen LogP contribution in [0.15, 0.2) is 29.2 Å². The fourth-order valence-electron chi connectivity index (χ4n) is 3.33. The van der Waals surface area contributed by atoms with Crippen LogP contribution in [0.3, 0.4) is 0 Å². The normalized spacial score (nSPS) is 15.7. The van der Waals surface area contributed by atoms with E-state index < -0.39 is 15.4 Å². The Labute approximate surface area is 188 Å². The number of hydrogen-bond donors (Lipinski definition) is 0. The number of carbonyl (C=O) groups excluding carboxylic acids is 1. The standard InChI is InChI=1S/C22H30N2O5S2/c1-15-19(14-28-17-6-8-18(9-7-17)31(5,26)27)23-20(30-15)16-10-12-24(13-11-16)21(25)29-22(2,3)4/h6-9,16H,10-14H2,1-5H3. The third-order valence-corrected chi connectivity index (χ3v) is 7.34. The summed E-state index contributed by atoms with van der Waals surface area (Å²) in [5.74, 6) is 0.928. The molecule has 1 amide bonds. The van der Waals surface area contributed by atoms with Gasteiger partial charge in [-0.15, -0.1) is 11.3 Å². The first-order valence-electron chi connectivity index (χ1n) is 10.3. The molecule has 9 heteroatoms. The second-order valence-corrected chi connectivity index (χ2v) is 12.1. The highest BCUT2D eigenvalue weighted by molar-refractivity contribution is 7.90. The summed E-state index contributed by atoms with van der Waals surface area (Å²) in [5, 5.41) is 1.08. The van der Waals surface area contributed by atoms with E-state index in [9.17, 15) is 13.2 Å². The minimum atomic E-state index is -3.22. The van der Waals surface area contributed by atoms with Crippen molar-refractivity contribution >= 4 is 27.3 Å². The summed E-state index contributed by atoms with van der Waals surface area (Å²) < 4.78 is 34.4. The number of benzene rings is 1. The van der Waals surface area contributed by atoms with Crippen LogP contribution in [0.25, 0.3) is 0 Å². The second kappa shape index (κ2) is 9.16.